The molecule has 0 saturated heterocycles. The Hall–Kier alpha value is -0.450. The van der Waals surface area contributed by atoms with Crippen LogP contribution in [0.15, 0.2) is 10.5 Å². The highest BCUT2D eigenvalue weighted by atomic mass is 79.9. The standard InChI is InChI=1S/C7H4BrCl2NO2/c8-3-1-2(7(12)13)6(11)5(10)4(3)9/h1H,11H2,(H,12,13). The summed E-state index contributed by atoms with van der Waals surface area (Å²) in [7, 11) is 0. The second-order valence-electron chi connectivity index (χ2n) is 2.25. The van der Waals surface area contributed by atoms with Crippen LogP contribution in [0.4, 0.5) is 5.69 Å². The molecule has 70 valence electrons. The van der Waals surface area contributed by atoms with Crippen molar-refractivity contribution in [2.45, 2.75) is 0 Å². The number of benzene rings is 1. The molecule has 0 aliphatic carbocycles. The van der Waals surface area contributed by atoms with Crippen molar-refractivity contribution in [3.05, 3.63) is 26.1 Å². The summed E-state index contributed by atoms with van der Waals surface area (Å²) in [6.07, 6.45) is 0. The van der Waals surface area contributed by atoms with E-state index < -0.39 is 5.97 Å². The van der Waals surface area contributed by atoms with E-state index in [0.29, 0.717) is 4.47 Å². The Labute approximate surface area is 92.6 Å². The summed E-state index contributed by atoms with van der Waals surface area (Å²) in [5.74, 6) is -1.14. The molecular formula is C7H4BrCl2NO2. The smallest absolute Gasteiger partial charge is 0.337 e. The number of carboxylic acid groups (broad SMARTS) is 1. The zero-order chi connectivity index (χ0) is 10.2. The Morgan fingerprint density at radius 3 is 2.46 bits per heavy atom. The number of halogens is 3. The molecule has 1 aromatic carbocycles. The molecule has 0 aliphatic rings. The summed E-state index contributed by atoms with van der Waals surface area (Å²) in [5, 5.41) is 8.96. The molecule has 0 saturated carbocycles. The largest absolute Gasteiger partial charge is 0.478 e. The first kappa shape index (κ1) is 10.6. The molecule has 3 N–H and O–H groups in total. The number of aromatic carboxylic acids is 1. The number of nitrogens with two attached hydrogens (primary N) is 1. The number of hydrogen-bond acceptors (Lipinski definition) is 2. The van der Waals surface area contributed by atoms with Gasteiger partial charge in [-0.15, -0.1) is 0 Å². The van der Waals surface area contributed by atoms with Gasteiger partial charge in [0.15, 0.2) is 0 Å². The number of anilines is 1. The predicted octanol–water partition coefficient (Wildman–Crippen LogP) is 3.04. The van der Waals surface area contributed by atoms with Gasteiger partial charge >= 0.3 is 5.97 Å². The van der Waals surface area contributed by atoms with Gasteiger partial charge in [0, 0.05) is 4.47 Å². The van der Waals surface area contributed by atoms with Crippen molar-refractivity contribution in [1.82, 2.24) is 0 Å². The van der Waals surface area contributed by atoms with E-state index in [-0.39, 0.29) is 21.3 Å². The van der Waals surface area contributed by atoms with Crippen molar-refractivity contribution in [2.75, 3.05) is 5.73 Å². The minimum Gasteiger partial charge on any atom is -0.478 e. The first-order chi connectivity index (χ1) is 5.95. The highest BCUT2D eigenvalue weighted by Gasteiger charge is 2.16. The van der Waals surface area contributed by atoms with Crippen molar-refractivity contribution < 1.29 is 9.90 Å². The van der Waals surface area contributed by atoms with Gasteiger partial charge in [0.05, 0.1) is 21.3 Å². The van der Waals surface area contributed by atoms with Crippen molar-refractivity contribution >= 4 is 50.8 Å². The van der Waals surface area contributed by atoms with Crippen LogP contribution >= 0.6 is 39.1 Å². The third-order valence-electron chi connectivity index (χ3n) is 1.43. The van der Waals surface area contributed by atoms with Gasteiger partial charge in [-0.25, -0.2) is 4.79 Å². The number of nitrogen functional groups attached to an aromatic ring is 1. The van der Waals surface area contributed by atoms with Crippen LogP contribution in [0.2, 0.25) is 10.0 Å². The van der Waals surface area contributed by atoms with E-state index in [4.69, 9.17) is 34.0 Å². The van der Waals surface area contributed by atoms with Crippen LogP contribution in [-0.4, -0.2) is 11.1 Å². The molecular weight excluding hydrogens is 281 g/mol. The fourth-order valence-corrected chi connectivity index (χ4v) is 1.69. The Morgan fingerprint density at radius 1 is 1.46 bits per heavy atom. The van der Waals surface area contributed by atoms with Gasteiger partial charge in [0.25, 0.3) is 0 Å². The molecule has 0 unspecified atom stereocenters. The predicted molar refractivity (Wildman–Crippen MR) is 55.5 cm³/mol. The van der Waals surface area contributed by atoms with Crippen LogP contribution < -0.4 is 5.73 Å². The maximum absolute atomic E-state index is 10.6. The first-order valence-corrected chi connectivity index (χ1v) is 4.66. The summed E-state index contributed by atoms with van der Waals surface area (Å²) in [6.45, 7) is 0. The Kier molecular flexibility index (Phi) is 3.05. The number of carboxylic acids is 1. The van der Waals surface area contributed by atoms with E-state index >= 15 is 0 Å². The molecule has 13 heavy (non-hydrogen) atoms. The number of carbonyl (C=O) groups is 1. The maximum Gasteiger partial charge on any atom is 0.337 e. The van der Waals surface area contributed by atoms with E-state index in [1.807, 2.05) is 0 Å². The van der Waals surface area contributed by atoms with E-state index in [9.17, 15) is 4.79 Å². The fourth-order valence-electron chi connectivity index (χ4n) is 0.786. The first-order valence-electron chi connectivity index (χ1n) is 3.11. The summed E-state index contributed by atoms with van der Waals surface area (Å²) < 4.78 is 0.408. The Bertz CT molecular complexity index is 381. The molecule has 0 heterocycles. The van der Waals surface area contributed by atoms with Gasteiger partial charge in [-0.05, 0) is 22.0 Å². The molecule has 6 heteroatoms. The van der Waals surface area contributed by atoms with Crippen molar-refractivity contribution in [1.29, 1.82) is 0 Å². The van der Waals surface area contributed by atoms with Gasteiger partial charge in [0.2, 0.25) is 0 Å². The summed E-state index contributed by atoms with van der Waals surface area (Å²) >= 11 is 14.5. The minimum atomic E-state index is -1.14. The average Bonchev–Trinajstić information content (AvgIpc) is 2.07. The van der Waals surface area contributed by atoms with E-state index in [1.54, 1.807) is 0 Å². The van der Waals surface area contributed by atoms with Crippen molar-refractivity contribution in [2.24, 2.45) is 0 Å². The summed E-state index contributed by atoms with van der Waals surface area (Å²) in [6, 6.07) is 1.31. The van der Waals surface area contributed by atoms with Gasteiger partial charge < -0.3 is 10.8 Å². The normalized spacial score (nSPS) is 10.1. The SMILES string of the molecule is Nc1c(C(=O)O)cc(Br)c(Cl)c1Cl. The molecule has 0 radical (unpaired) electrons. The van der Waals surface area contributed by atoms with Crippen LogP contribution in [-0.2, 0) is 0 Å². The molecule has 1 aromatic rings. The highest BCUT2D eigenvalue weighted by molar-refractivity contribution is 9.10. The fraction of sp³-hybridized carbons (Fsp3) is 0. The maximum atomic E-state index is 10.6. The summed E-state index contributed by atoms with van der Waals surface area (Å²) in [5.41, 5.74) is 5.34. The van der Waals surface area contributed by atoms with Gasteiger partial charge in [-0.1, -0.05) is 23.2 Å². The Balaban J connectivity index is 3.50. The second-order valence-corrected chi connectivity index (χ2v) is 3.86. The van der Waals surface area contributed by atoms with Crippen molar-refractivity contribution in [3.63, 3.8) is 0 Å². The van der Waals surface area contributed by atoms with Crippen LogP contribution in [0.5, 0.6) is 0 Å². The third kappa shape index (κ3) is 1.90. The van der Waals surface area contributed by atoms with Gasteiger partial charge in [0.1, 0.15) is 0 Å². The Morgan fingerprint density at radius 2 is 2.00 bits per heavy atom. The lowest BCUT2D eigenvalue weighted by molar-refractivity contribution is 0.0698. The molecule has 0 bridgehead atoms. The molecule has 3 nitrogen and oxygen atoms in total. The monoisotopic (exact) mass is 283 g/mol. The molecule has 1 rings (SSSR count). The van der Waals surface area contributed by atoms with Crippen LogP contribution in [0, 0.1) is 0 Å². The van der Waals surface area contributed by atoms with Gasteiger partial charge in [-0.2, -0.15) is 0 Å². The van der Waals surface area contributed by atoms with Crippen LogP contribution in [0.1, 0.15) is 10.4 Å². The third-order valence-corrected chi connectivity index (χ3v) is 3.17. The highest BCUT2D eigenvalue weighted by Crippen LogP contribution is 2.36. The topological polar surface area (TPSA) is 63.3 Å². The molecule has 0 atom stereocenters. The minimum absolute atomic E-state index is 0.0256. The lowest BCUT2D eigenvalue weighted by Gasteiger charge is -2.06. The number of hydrogen-bond donors (Lipinski definition) is 2. The molecule has 0 fully saturated rings. The second kappa shape index (κ2) is 3.74. The lowest BCUT2D eigenvalue weighted by atomic mass is 10.2. The number of rotatable bonds is 1. The van der Waals surface area contributed by atoms with Crippen LogP contribution in [0.25, 0.3) is 0 Å². The zero-order valence-corrected chi connectivity index (χ0v) is 9.24. The quantitative estimate of drug-likeness (QED) is 0.615. The van der Waals surface area contributed by atoms with E-state index in [2.05, 4.69) is 15.9 Å². The lowest BCUT2D eigenvalue weighted by Crippen LogP contribution is -2.03. The van der Waals surface area contributed by atoms with Crippen LogP contribution in [0.3, 0.4) is 0 Å². The molecule has 0 amide bonds. The summed E-state index contributed by atoms with van der Waals surface area (Å²) in [4.78, 5) is 10.6. The average molecular weight is 285 g/mol. The molecule has 0 aliphatic heterocycles. The van der Waals surface area contributed by atoms with Crippen molar-refractivity contribution in [3.8, 4) is 0 Å². The van der Waals surface area contributed by atoms with Gasteiger partial charge in [-0.3, -0.25) is 0 Å². The van der Waals surface area contributed by atoms with E-state index in [1.165, 1.54) is 6.07 Å². The zero-order valence-electron chi connectivity index (χ0n) is 6.14. The molecule has 0 aromatic heterocycles. The van der Waals surface area contributed by atoms with E-state index in [0.717, 1.165) is 0 Å². The molecule has 0 spiro atoms.